The molecule has 4 aliphatic carbocycles. The SMILES string of the molecule is CC(C)(C)c1ccc(-c2ccc(N(c3ccccc3)c3cccc4c3C35c6c(cccc6C(c6ccccc6)c6ccc7c(c6)C(c6ccccc6)c6ccccc6-7)CC3CCC5C4)cc2)cc1. The minimum atomic E-state index is -0.105. The average molecular weight is 876 g/mol. The highest BCUT2D eigenvalue weighted by atomic mass is 15.1. The van der Waals surface area contributed by atoms with E-state index in [2.05, 4.69) is 244 Å². The van der Waals surface area contributed by atoms with Gasteiger partial charge in [0.25, 0.3) is 0 Å². The van der Waals surface area contributed by atoms with Crippen molar-refractivity contribution in [1.82, 2.24) is 0 Å². The van der Waals surface area contributed by atoms with Crippen molar-refractivity contribution in [2.75, 3.05) is 4.90 Å². The quantitative estimate of drug-likeness (QED) is 0.138. The second-order valence-electron chi connectivity index (χ2n) is 21.1. The number of nitrogens with zero attached hydrogens (tertiary/aromatic N) is 1. The Kier molecular flexibility index (Phi) is 9.62. The third-order valence-corrected chi connectivity index (χ3v) is 16.5. The molecule has 0 aromatic heterocycles. The maximum absolute atomic E-state index is 2.59. The highest BCUT2D eigenvalue weighted by Crippen LogP contribution is 2.68. The van der Waals surface area contributed by atoms with Gasteiger partial charge in [0, 0.05) is 28.6 Å². The van der Waals surface area contributed by atoms with Crippen LogP contribution in [0.15, 0.2) is 218 Å². The second kappa shape index (κ2) is 16.0. The van der Waals surface area contributed by atoms with Crippen molar-refractivity contribution >= 4 is 17.1 Å². The van der Waals surface area contributed by atoms with Gasteiger partial charge < -0.3 is 4.90 Å². The van der Waals surface area contributed by atoms with E-state index >= 15 is 0 Å². The lowest BCUT2D eigenvalue weighted by molar-refractivity contribution is 0.347. The largest absolute Gasteiger partial charge is 0.310 e. The standard InChI is InChI=1S/C67H57N/c1-66(2,3)51-34-29-44(30-35-51)45-31-38-55(39-32-45)68(54-23-11-6-12-24-54)61-28-16-22-50-42-53-37-36-52-41-49-21-15-27-59(64(49)67(52,53)65(50)61)62(46-17-7-4-8-18-46)48-33-40-57-56-25-13-14-26-58(56)63(60(57)43-48)47-19-9-5-10-20-47/h4-35,38-40,43,52-53,62-63H,36-37,41-42H2,1-3H3. The van der Waals surface area contributed by atoms with E-state index in [0.717, 1.165) is 12.8 Å². The molecule has 1 spiro atoms. The first-order chi connectivity index (χ1) is 33.4. The Morgan fingerprint density at radius 2 is 1.04 bits per heavy atom. The first-order valence-corrected chi connectivity index (χ1v) is 25.0. The zero-order valence-corrected chi connectivity index (χ0v) is 39.4. The van der Waals surface area contributed by atoms with Gasteiger partial charge in [0.2, 0.25) is 0 Å². The molecule has 0 amide bonds. The summed E-state index contributed by atoms with van der Waals surface area (Å²) >= 11 is 0. The number of fused-ring (bicyclic) bond motifs is 5. The molecule has 13 rings (SSSR count). The van der Waals surface area contributed by atoms with E-state index in [0.29, 0.717) is 11.8 Å². The van der Waals surface area contributed by atoms with Crippen molar-refractivity contribution in [2.45, 2.75) is 69.1 Å². The second-order valence-corrected chi connectivity index (χ2v) is 21.1. The molecule has 0 saturated heterocycles. The molecule has 1 nitrogen and oxygen atoms in total. The van der Waals surface area contributed by atoms with Crippen LogP contribution in [0, 0.1) is 11.8 Å². The Morgan fingerprint density at radius 1 is 0.471 bits per heavy atom. The molecule has 330 valence electrons. The molecule has 0 aliphatic heterocycles. The molecule has 1 saturated carbocycles. The molecule has 1 fully saturated rings. The van der Waals surface area contributed by atoms with E-state index in [1.807, 2.05) is 0 Å². The van der Waals surface area contributed by atoms with Crippen LogP contribution in [0.2, 0.25) is 0 Å². The van der Waals surface area contributed by atoms with Crippen LogP contribution >= 0.6 is 0 Å². The summed E-state index contributed by atoms with van der Waals surface area (Å²) in [7, 11) is 0. The minimum Gasteiger partial charge on any atom is -0.310 e. The summed E-state index contributed by atoms with van der Waals surface area (Å²) in [5, 5.41) is 0. The lowest BCUT2D eigenvalue weighted by Crippen LogP contribution is -2.34. The monoisotopic (exact) mass is 875 g/mol. The fourth-order valence-corrected chi connectivity index (χ4v) is 13.7. The fraction of sp³-hybridized carbons (Fsp3) is 0.194. The van der Waals surface area contributed by atoms with Gasteiger partial charge in [0.15, 0.2) is 0 Å². The van der Waals surface area contributed by atoms with Gasteiger partial charge in [0.05, 0.1) is 5.69 Å². The third-order valence-electron chi connectivity index (χ3n) is 16.5. The van der Waals surface area contributed by atoms with Crippen molar-refractivity contribution in [3.63, 3.8) is 0 Å². The Hall–Kier alpha value is -7.22. The van der Waals surface area contributed by atoms with E-state index < -0.39 is 0 Å². The van der Waals surface area contributed by atoms with Gasteiger partial charge in [0.1, 0.15) is 0 Å². The van der Waals surface area contributed by atoms with Crippen LogP contribution < -0.4 is 4.90 Å². The smallest absolute Gasteiger partial charge is 0.0505 e. The Bertz CT molecular complexity index is 3320. The molecule has 5 atom stereocenters. The molecule has 0 bridgehead atoms. The zero-order chi connectivity index (χ0) is 45.6. The summed E-state index contributed by atoms with van der Waals surface area (Å²) in [6, 6.07) is 83.4. The molecule has 9 aromatic rings. The van der Waals surface area contributed by atoms with Crippen LogP contribution in [0.4, 0.5) is 17.1 Å². The van der Waals surface area contributed by atoms with Crippen LogP contribution in [0.3, 0.4) is 0 Å². The average Bonchev–Trinajstić information content (AvgIpc) is 4.10. The van der Waals surface area contributed by atoms with E-state index in [9.17, 15) is 0 Å². The third kappa shape index (κ3) is 6.35. The van der Waals surface area contributed by atoms with E-state index in [4.69, 9.17) is 0 Å². The number of para-hydroxylation sites is 1. The van der Waals surface area contributed by atoms with Crippen LogP contribution in [0.1, 0.15) is 107 Å². The number of hydrogen-bond donors (Lipinski definition) is 0. The highest BCUT2D eigenvalue weighted by molar-refractivity contribution is 5.84. The molecular formula is C67H57N. The molecule has 68 heavy (non-hydrogen) atoms. The predicted octanol–water partition coefficient (Wildman–Crippen LogP) is 16.9. The summed E-state index contributed by atoms with van der Waals surface area (Å²) in [4.78, 5) is 2.58. The summed E-state index contributed by atoms with van der Waals surface area (Å²) in [5.74, 6) is 1.34. The van der Waals surface area contributed by atoms with Gasteiger partial charge in [-0.15, -0.1) is 0 Å². The molecule has 5 unspecified atom stereocenters. The van der Waals surface area contributed by atoms with Crippen LogP contribution in [0.5, 0.6) is 0 Å². The van der Waals surface area contributed by atoms with Crippen molar-refractivity contribution in [3.05, 3.63) is 280 Å². The van der Waals surface area contributed by atoms with Gasteiger partial charge in [-0.25, -0.2) is 0 Å². The number of anilines is 3. The van der Waals surface area contributed by atoms with Crippen molar-refractivity contribution in [1.29, 1.82) is 0 Å². The first kappa shape index (κ1) is 41.0. The van der Waals surface area contributed by atoms with Crippen LogP contribution in [-0.2, 0) is 23.7 Å². The molecule has 0 heterocycles. The van der Waals surface area contributed by atoms with Crippen LogP contribution in [-0.4, -0.2) is 0 Å². The van der Waals surface area contributed by atoms with Gasteiger partial charge in [-0.05, 0) is 157 Å². The van der Waals surface area contributed by atoms with E-state index in [-0.39, 0.29) is 22.7 Å². The zero-order valence-electron chi connectivity index (χ0n) is 39.4. The minimum absolute atomic E-state index is 0.0670. The van der Waals surface area contributed by atoms with Crippen molar-refractivity contribution < 1.29 is 0 Å². The fourth-order valence-electron chi connectivity index (χ4n) is 13.7. The number of benzene rings is 9. The lowest BCUT2D eigenvalue weighted by atomic mass is 9.65. The molecular weight excluding hydrogens is 819 g/mol. The molecule has 0 radical (unpaired) electrons. The number of rotatable bonds is 8. The van der Waals surface area contributed by atoms with Gasteiger partial charge in [-0.1, -0.05) is 209 Å². The van der Waals surface area contributed by atoms with Crippen molar-refractivity contribution in [3.8, 4) is 22.3 Å². The Labute approximate surface area is 402 Å². The summed E-state index contributed by atoms with van der Waals surface area (Å²) < 4.78 is 0. The molecule has 0 N–H and O–H groups in total. The normalized spacial score (nSPS) is 19.9. The Morgan fingerprint density at radius 3 is 1.74 bits per heavy atom. The maximum atomic E-state index is 2.59. The summed E-state index contributed by atoms with van der Waals surface area (Å²) in [6.45, 7) is 6.85. The Balaban J connectivity index is 0.986. The molecule has 4 aliphatic rings. The predicted molar refractivity (Wildman–Crippen MR) is 283 cm³/mol. The van der Waals surface area contributed by atoms with Gasteiger partial charge in [-0.2, -0.15) is 0 Å². The molecule has 9 aromatic carbocycles. The van der Waals surface area contributed by atoms with Crippen molar-refractivity contribution in [2.24, 2.45) is 11.8 Å². The number of hydrogen-bond acceptors (Lipinski definition) is 1. The summed E-state index contributed by atoms with van der Waals surface area (Å²) in [5.41, 5.74) is 24.9. The first-order valence-electron chi connectivity index (χ1n) is 25.0. The van der Waals surface area contributed by atoms with E-state index in [1.54, 1.807) is 16.7 Å². The molecule has 1 heteroatoms. The summed E-state index contributed by atoms with van der Waals surface area (Å²) in [6.07, 6.45) is 4.75. The van der Waals surface area contributed by atoms with E-state index in [1.165, 1.54) is 96.7 Å². The van der Waals surface area contributed by atoms with Crippen LogP contribution in [0.25, 0.3) is 22.3 Å². The highest BCUT2D eigenvalue weighted by Gasteiger charge is 2.62. The lowest BCUT2D eigenvalue weighted by Gasteiger charge is -2.39. The maximum Gasteiger partial charge on any atom is 0.0505 e. The van der Waals surface area contributed by atoms with Gasteiger partial charge in [-0.3, -0.25) is 0 Å². The van der Waals surface area contributed by atoms with Gasteiger partial charge >= 0.3 is 0 Å². The topological polar surface area (TPSA) is 3.24 Å².